The van der Waals surface area contributed by atoms with Crippen LogP contribution in [0.25, 0.3) is 5.69 Å². The Balaban J connectivity index is 1.99. The minimum atomic E-state index is -0.272. The lowest BCUT2D eigenvalue weighted by molar-refractivity contribution is 0.354. The van der Waals surface area contributed by atoms with Gasteiger partial charge in [-0.25, -0.2) is 4.39 Å². The molecule has 1 atom stereocenters. The number of hydrogen-bond donors (Lipinski definition) is 0. The second-order valence-corrected chi connectivity index (χ2v) is 6.44. The van der Waals surface area contributed by atoms with Gasteiger partial charge in [0.05, 0.1) is 37.4 Å². The van der Waals surface area contributed by atoms with Crippen LogP contribution in [0.5, 0.6) is 11.5 Å². The van der Waals surface area contributed by atoms with Crippen LogP contribution in [0.3, 0.4) is 0 Å². The van der Waals surface area contributed by atoms with E-state index in [-0.39, 0.29) is 11.9 Å². The van der Waals surface area contributed by atoms with Gasteiger partial charge in [0.2, 0.25) is 0 Å². The molecule has 27 heavy (non-hydrogen) atoms. The fraction of sp³-hybridized carbons (Fsp3) is 0.227. The van der Waals surface area contributed by atoms with Crippen LogP contribution in [0.1, 0.15) is 36.2 Å². The van der Waals surface area contributed by atoms with Crippen LogP contribution in [-0.2, 0) is 0 Å². The molecule has 0 bridgehead atoms. The zero-order valence-electron chi connectivity index (χ0n) is 15.6. The first kappa shape index (κ1) is 17.3. The Labute approximate surface area is 157 Å². The van der Waals surface area contributed by atoms with Crippen molar-refractivity contribution in [1.29, 1.82) is 0 Å². The summed E-state index contributed by atoms with van der Waals surface area (Å²) >= 11 is 0. The van der Waals surface area contributed by atoms with Crippen LogP contribution in [0.15, 0.2) is 59.7 Å². The molecule has 1 aliphatic heterocycles. The highest BCUT2D eigenvalue weighted by Crippen LogP contribution is 2.40. The average Bonchev–Trinajstić information content (AvgIpc) is 3.12. The highest BCUT2D eigenvalue weighted by molar-refractivity contribution is 6.12. The van der Waals surface area contributed by atoms with Crippen molar-refractivity contribution in [1.82, 2.24) is 4.57 Å². The molecule has 4 rings (SSSR count). The maximum absolute atomic E-state index is 13.9. The van der Waals surface area contributed by atoms with Crippen molar-refractivity contribution < 1.29 is 13.9 Å². The third-order valence-corrected chi connectivity index (χ3v) is 4.91. The van der Waals surface area contributed by atoms with Crippen molar-refractivity contribution in [2.45, 2.75) is 19.4 Å². The predicted molar refractivity (Wildman–Crippen MR) is 104 cm³/mol. The zero-order valence-corrected chi connectivity index (χ0v) is 15.6. The molecule has 0 saturated carbocycles. The summed E-state index contributed by atoms with van der Waals surface area (Å²) in [5.41, 5.74) is 4.51. The minimum absolute atomic E-state index is 0.0713. The van der Waals surface area contributed by atoms with Gasteiger partial charge >= 0.3 is 0 Å². The lowest BCUT2D eigenvalue weighted by atomic mass is 10.0. The first-order chi connectivity index (χ1) is 13.2. The van der Waals surface area contributed by atoms with Crippen molar-refractivity contribution >= 4 is 5.71 Å². The Morgan fingerprint density at radius 3 is 2.52 bits per heavy atom. The number of aromatic nitrogens is 1. The number of fused-ring (bicyclic) bond motifs is 3. The van der Waals surface area contributed by atoms with E-state index in [0.717, 1.165) is 34.6 Å². The van der Waals surface area contributed by atoms with E-state index in [1.54, 1.807) is 20.3 Å². The van der Waals surface area contributed by atoms with E-state index in [0.29, 0.717) is 11.5 Å². The van der Waals surface area contributed by atoms with Crippen LogP contribution in [0.4, 0.5) is 4.39 Å². The SMILES string of the molecule is CCC1N=C(c2cccc(F)c2)c2cccn2-c2cc(OC)c(OC)cc21. The van der Waals surface area contributed by atoms with E-state index in [4.69, 9.17) is 14.5 Å². The lowest BCUT2D eigenvalue weighted by Gasteiger charge is -2.18. The van der Waals surface area contributed by atoms with Crippen molar-refractivity contribution in [2.75, 3.05) is 14.2 Å². The number of benzene rings is 2. The number of methoxy groups -OCH3 is 2. The molecule has 0 amide bonds. The molecule has 5 heteroatoms. The number of nitrogens with zero attached hydrogens (tertiary/aromatic N) is 2. The van der Waals surface area contributed by atoms with E-state index in [2.05, 4.69) is 11.5 Å². The number of hydrogen-bond acceptors (Lipinski definition) is 3. The number of rotatable bonds is 4. The fourth-order valence-electron chi connectivity index (χ4n) is 3.60. The Hall–Kier alpha value is -3.08. The van der Waals surface area contributed by atoms with Crippen molar-refractivity contribution in [3.8, 4) is 17.2 Å². The molecule has 1 unspecified atom stereocenters. The van der Waals surface area contributed by atoms with Gasteiger partial charge in [-0.3, -0.25) is 4.99 Å². The molecule has 1 aromatic heterocycles. The van der Waals surface area contributed by atoms with Gasteiger partial charge in [-0.1, -0.05) is 19.1 Å². The summed E-state index contributed by atoms with van der Waals surface area (Å²) in [6.07, 6.45) is 2.80. The van der Waals surface area contributed by atoms with Gasteiger partial charge in [-0.2, -0.15) is 0 Å². The normalized spacial score (nSPS) is 15.4. The topological polar surface area (TPSA) is 35.8 Å². The molecule has 0 N–H and O–H groups in total. The molecular formula is C22H21FN2O2. The molecule has 0 saturated heterocycles. The van der Waals surface area contributed by atoms with Gasteiger partial charge in [0.15, 0.2) is 11.5 Å². The minimum Gasteiger partial charge on any atom is -0.493 e. The van der Waals surface area contributed by atoms with Crippen molar-refractivity contribution in [3.63, 3.8) is 0 Å². The second kappa shape index (κ2) is 6.91. The fourth-order valence-corrected chi connectivity index (χ4v) is 3.60. The summed E-state index contributed by atoms with van der Waals surface area (Å²) < 4.78 is 27.0. The first-order valence-corrected chi connectivity index (χ1v) is 8.94. The van der Waals surface area contributed by atoms with E-state index >= 15 is 0 Å². The summed E-state index contributed by atoms with van der Waals surface area (Å²) in [5, 5.41) is 0. The molecule has 4 nitrogen and oxygen atoms in total. The Kier molecular flexibility index (Phi) is 4.44. The van der Waals surface area contributed by atoms with E-state index in [9.17, 15) is 4.39 Å². The summed E-state index contributed by atoms with van der Waals surface area (Å²) in [6, 6.07) is 14.4. The molecule has 138 valence electrons. The summed E-state index contributed by atoms with van der Waals surface area (Å²) in [7, 11) is 3.26. The van der Waals surface area contributed by atoms with Crippen LogP contribution in [-0.4, -0.2) is 24.5 Å². The largest absolute Gasteiger partial charge is 0.493 e. The van der Waals surface area contributed by atoms with E-state index < -0.39 is 0 Å². The van der Waals surface area contributed by atoms with Crippen LogP contribution < -0.4 is 9.47 Å². The van der Waals surface area contributed by atoms with Gasteiger partial charge in [0.1, 0.15) is 5.82 Å². The Bertz CT molecular complexity index is 1020. The average molecular weight is 364 g/mol. The lowest BCUT2D eigenvalue weighted by Crippen LogP contribution is -2.08. The van der Waals surface area contributed by atoms with Gasteiger partial charge in [0.25, 0.3) is 0 Å². The van der Waals surface area contributed by atoms with E-state index in [1.165, 1.54) is 12.1 Å². The third kappa shape index (κ3) is 2.89. The second-order valence-electron chi connectivity index (χ2n) is 6.44. The molecule has 0 fully saturated rings. The quantitative estimate of drug-likeness (QED) is 0.658. The number of ether oxygens (including phenoxy) is 2. The molecule has 0 spiro atoms. The van der Waals surface area contributed by atoms with Crippen molar-refractivity contribution in [3.05, 3.63) is 77.4 Å². The first-order valence-electron chi connectivity index (χ1n) is 8.94. The molecule has 0 aliphatic carbocycles. The molecule has 2 aromatic carbocycles. The number of halogens is 1. The van der Waals surface area contributed by atoms with Gasteiger partial charge < -0.3 is 14.0 Å². The zero-order chi connectivity index (χ0) is 19.0. The molecule has 0 radical (unpaired) electrons. The summed E-state index contributed by atoms with van der Waals surface area (Å²) in [5.74, 6) is 1.07. The van der Waals surface area contributed by atoms with Crippen molar-refractivity contribution in [2.24, 2.45) is 4.99 Å². The summed E-state index contributed by atoms with van der Waals surface area (Å²) in [6.45, 7) is 2.10. The van der Waals surface area contributed by atoms with Gasteiger partial charge in [-0.15, -0.1) is 0 Å². The van der Waals surface area contributed by atoms with Gasteiger partial charge in [0, 0.05) is 23.4 Å². The smallest absolute Gasteiger partial charge is 0.162 e. The van der Waals surface area contributed by atoms with Crippen LogP contribution in [0.2, 0.25) is 0 Å². The molecule has 2 heterocycles. The highest BCUT2D eigenvalue weighted by Gasteiger charge is 2.25. The third-order valence-electron chi connectivity index (χ3n) is 4.91. The molecule has 1 aliphatic rings. The molecule has 3 aromatic rings. The summed E-state index contributed by atoms with van der Waals surface area (Å²) in [4.78, 5) is 5.02. The standard InChI is InChI=1S/C22H21FN2O2/c1-4-17-16-12-20(26-2)21(27-3)13-19(16)25-10-6-9-18(25)22(24-17)14-7-5-8-15(23)11-14/h5-13,17H,4H2,1-3H3. The van der Waals surface area contributed by atoms with Gasteiger partial charge in [-0.05, 0) is 36.8 Å². The Morgan fingerprint density at radius 1 is 1.04 bits per heavy atom. The predicted octanol–water partition coefficient (Wildman–Crippen LogP) is 4.94. The van der Waals surface area contributed by atoms with Crippen LogP contribution >= 0.6 is 0 Å². The van der Waals surface area contributed by atoms with E-state index in [1.807, 2.05) is 36.5 Å². The Morgan fingerprint density at radius 2 is 1.81 bits per heavy atom. The highest BCUT2D eigenvalue weighted by atomic mass is 19.1. The molecular weight excluding hydrogens is 343 g/mol. The van der Waals surface area contributed by atoms with Crippen LogP contribution in [0, 0.1) is 5.82 Å². The monoisotopic (exact) mass is 364 g/mol. The maximum atomic E-state index is 13.9. The number of aliphatic imine (C=N–C) groups is 1. The maximum Gasteiger partial charge on any atom is 0.162 e.